The van der Waals surface area contributed by atoms with Gasteiger partial charge in [0, 0.05) is 12.0 Å². The van der Waals surface area contributed by atoms with E-state index in [1.807, 2.05) is 11.4 Å². The van der Waals surface area contributed by atoms with E-state index in [0.29, 0.717) is 0 Å². The molecule has 1 heterocycles. The molecule has 0 bridgehead atoms. The normalized spacial score (nSPS) is 16.6. The van der Waals surface area contributed by atoms with Gasteiger partial charge < -0.3 is 10.5 Å². The van der Waals surface area contributed by atoms with Crippen LogP contribution in [0.3, 0.4) is 0 Å². The van der Waals surface area contributed by atoms with Gasteiger partial charge in [0.2, 0.25) is 0 Å². The Labute approximate surface area is 90.1 Å². The summed E-state index contributed by atoms with van der Waals surface area (Å²) in [5.74, 6) is 0. The maximum Gasteiger partial charge on any atom is 0.0819 e. The van der Waals surface area contributed by atoms with Crippen LogP contribution in [0.25, 0.3) is 0 Å². The molecule has 0 aliphatic heterocycles. The fourth-order valence-corrected chi connectivity index (χ4v) is 2.42. The number of rotatable bonds is 3. The molecule has 1 aromatic rings. The molecule has 80 valence electrons. The van der Waals surface area contributed by atoms with Crippen molar-refractivity contribution < 1.29 is 4.74 Å². The molecule has 0 saturated heterocycles. The summed E-state index contributed by atoms with van der Waals surface area (Å²) in [4.78, 5) is 1.19. The molecule has 1 rings (SSSR count). The molecule has 0 radical (unpaired) electrons. The molecular formula is C11H19NOS. The average Bonchev–Trinajstić information content (AvgIpc) is 2.53. The number of hydrogen-bond acceptors (Lipinski definition) is 3. The van der Waals surface area contributed by atoms with E-state index in [2.05, 4.69) is 26.8 Å². The predicted molar refractivity (Wildman–Crippen MR) is 61.5 cm³/mol. The van der Waals surface area contributed by atoms with Crippen molar-refractivity contribution in [3.63, 3.8) is 0 Å². The summed E-state index contributed by atoms with van der Waals surface area (Å²) >= 11 is 1.69. The van der Waals surface area contributed by atoms with Crippen molar-refractivity contribution in [1.82, 2.24) is 0 Å². The Kier molecular flexibility index (Phi) is 3.70. The summed E-state index contributed by atoms with van der Waals surface area (Å²) in [5, 5.41) is 2.05. The number of nitrogens with two attached hydrogens (primary N) is 1. The van der Waals surface area contributed by atoms with Gasteiger partial charge in [-0.2, -0.15) is 0 Å². The van der Waals surface area contributed by atoms with Crippen molar-refractivity contribution >= 4 is 11.3 Å². The lowest BCUT2D eigenvalue weighted by molar-refractivity contribution is -0.00166. The zero-order chi connectivity index (χ0) is 10.8. The average molecular weight is 213 g/mol. The molecule has 3 heteroatoms. The topological polar surface area (TPSA) is 35.2 Å². The summed E-state index contributed by atoms with van der Waals surface area (Å²) < 4.78 is 5.48. The molecule has 0 saturated carbocycles. The minimum atomic E-state index is -0.0278. The molecule has 2 unspecified atom stereocenters. The second-order valence-electron chi connectivity index (χ2n) is 4.56. The van der Waals surface area contributed by atoms with Gasteiger partial charge in [-0.1, -0.05) is 26.8 Å². The number of ether oxygens (including phenoxy) is 1. The van der Waals surface area contributed by atoms with Crippen LogP contribution >= 0.6 is 11.3 Å². The number of methoxy groups -OCH3 is 1. The number of thiophene rings is 1. The van der Waals surface area contributed by atoms with Crippen molar-refractivity contribution in [3.8, 4) is 0 Å². The molecule has 0 fully saturated rings. The van der Waals surface area contributed by atoms with Crippen LogP contribution in [-0.2, 0) is 4.74 Å². The van der Waals surface area contributed by atoms with E-state index < -0.39 is 0 Å². The third-order valence-corrected chi connectivity index (χ3v) is 3.28. The Bertz CT molecular complexity index is 263. The van der Waals surface area contributed by atoms with E-state index in [9.17, 15) is 0 Å². The van der Waals surface area contributed by atoms with Gasteiger partial charge >= 0.3 is 0 Å². The Hall–Kier alpha value is -0.380. The first-order valence-corrected chi connectivity index (χ1v) is 5.66. The second kappa shape index (κ2) is 4.43. The Balaban J connectivity index is 2.81. The summed E-state index contributed by atoms with van der Waals surface area (Å²) in [5.41, 5.74) is 6.23. The lowest BCUT2D eigenvalue weighted by atomic mass is 9.84. The standard InChI is InChI=1S/C11H19NOS/c1-11(2,3)10(13-4)9(12)8-6-5-7-14-8/h5-7,9-10H,12H2,1-4H3. The zero-order valence-electron chi connectivity index (χ0n) is 9.28. The Morgan fingerprint density at radius 1 is 1.43 bits per heavy atom. The first-order valence-electron chi connectivity index (χ1n) is 4.78. The highest BCUT2D eigenvalue weighted by molar-refractivity contribution is 7.10. The maximum absolute atomic E-state index is 6.17. The molecule has 14 heavy (non-hydrogen) atoms. The molecule has 0 spiro atoms. The van der Waals surface area contributed by atoms with Crippen LogP contribution in [0.5, 0.6) is 0 Å². The van der Waals surface area contributed by atoms with E-state index in [0.717, 1.165) is 0 Å². The highest BCUT2D eigenvalue weighted by Crippen LogP contribution is 2.32. The molecule has 2 atom stereocenters. The van der Waals surface area contributed by atoms with Crippen LogP contribution < -0.4 is 5.73 Å². The van der Waals surface area contributed by atoms with E-state index in [4.69, 9.17) is 10.5 Å². The van der Waals surface area contributed by atoms with E-state index in [1.165, 1.54) is 4.88 Å². The van der Waals surface area contributed by atoms with Crippen LogP contribution in [0.2, 0.25) is 0 Å². The Morgan fingerprint density at radius 3 is 2.43 bits per heavy atom. The van der Waals surface area contributed by atoms with Gasteiger partial charge in [-0.05, 0) is 16.9 Å². The third kappa shape index (κ3) is 2.56. The first-order chi connectivity index (χ1) is 6.46. The quantitative estimate of drug-likeness (QED) is 0.838. The summed E-state index contributed by atoms with van der Waals surface area (Å²) in [6, 6.07) is 4.06. The number of hydrogen-bond donors (Lipinski definition) is 1. The van der Waals surface area contributed by atoms with Crippen molar-refractivity contribution in [3.05, 3.63) is 22.4 Å². The molecule has 0 aromatic carbocycles. The van der Waals surface area contributed by atoms with Gasteiger partial charge in [-0.3, -0.25) is 0 Å². The third-order valence-electron chi connectivity index (χ3n) is 2.31. The molecule has 2 N–H and O–H groups in total. The second-order valence-corrected chi connectivity index (χ2v) is 5.54. The maximum atomic E-state index is 6.17. The lowest BCUT2D eigenvalue weighted by Crippen LogP contribution is -2.38. The molecule has 1 aromatic heterocycles. The molecule has 2 nitrogen and oxygen atoms in total. The molecule has 0 aliphatic carbocycles. The molecular weight excluding hydrogens is 194 g/mol. The van der Waals surface area contributed by atoms with E-state index >= 15 is 0 Å². The Morgan fingerprint density at radius 2 is 2.07 bits per heavy atom. The van der Waals surface area contributed by atoms with Crippen LogP contribution in [0.4, 0.5) is 0 Å². The zero-order valence-corrected chi connectivity index (χ0v) is 10.1. The van der Waals surface area contributed by atoms with Crippen LogP contribution in [0.1, 0.15) is 31.7 Å². The van der Waals surface area contributed by atoms with Crippen LogP contribution in [0.15, 0.2) is 17.5 Å². The van der Waals surface area contributed by atoms with Gasteiger partial charge in [-0.25, -0.2) is 0 Å². The van der Waals surface area contributed by atoms with Gasteiger partial charge in [0.05, 0.1) is 12.1 Å². The van der Waals surface area contributed by atoms with Crippen molar-refractivity contribution in [2.75, 3.05) is 7.11 Å². The van der Waals surface area contributed by atoms with Crippen LogP contribution in [-0.4, -0.2) is 13.2 Å². The van der Waals surface area contributed by atoms with Gasteiger partial charge in [0.15, 0.2) is 0 Å². The van der Waals surface area contributed by atoms with Gasteiger partial charge in [-0.15, -0.1) is 11.3 Å². The SMILES string of the molecule is COC(C(N)c1cccs1)C(C)(C)C. The largest absolute Gasteiger partial charge is 0.379 e. The minimum absolute atomic E-state index is 0.0278. The molecule has 0 amide bonds. The summed E-state index contributed by atoms with van der Waals surface area (Å²) in [7, 11) is 1.73. The monoisotopic (exact) mass is 213 g/mol. The smallest absolute Gasteiger partial charge is 0.0819 e. The highest BCUT2D eigenvalue weighted by atomic mass is 32.1. The minimum Gasteiger partial charge on any atom is -0.379 e. The lowest BCUT2D eigenvalue weighted by Gasteiger charge is -2.33. The predicted octanol–water partition coefficient (Wildman–Crippen LogP) is 2.81. The fraction of sp³-hybridized carbons (Fsp3) is 0.636. The summed E-state index contributed by atoms with van der Waals surface area (Å²) in [6.45, 7) is 6.44. The van der Waals surface area contributed by atoms with E-state index in [-0.39, 0.29) is 17.6 Å². The van der Waals surface area contributed by atoms with E-state index in [1.54, 1.807) is 18.4 Å². The van der Waals surface area contributed by atoms with Crippen molar-refractivity contribution in [2.24, 2.45) is 11.1 Å². The van der Waals surface area contributed by atoms with Gasteiger partial charge in [0.1, 0.15) is 0 Å². The highest BCUT2D eigenvalue weighted by Gasteiger charge is 2.31. The first kappa shape index (κ1) is 11.7. The summed E-state index contributed by atoms with van der Waals surface area (Å²) in [6.07, 6.45) is 0.0566. The van der Waals surface area contributed by atoms with Gasteiger partial charge in [0.25, 0.3) is 0 Å². The van der Waals surface area contributed by atoms with Crippen molar-refractivity contribution in [2.45, 2.75) is 32.9 Å². The van der Waals surface area contributed by atoms with Crippen molar-refractivity contribution in [1.29, 1.82) is 0 Å². The fourth-order valence-electron chi connectivity index (χ4n) is 1.67. The molecule has 0 aliphatic rings. The van der Waals surface area contributed by atoms with Crippen LogP contribution in [0, 0.1) is 5.41 Å².